The van der Waals surface area contributed by atoms with Gasteiger partial charge in [-0.1, -0.05) is 45.9 Å². The van der Waals surface area contributed by atoms with Gasteiger partial charge in [0.2, 0.25) is 5.91 Å². The molecule has 7 heteroatoms. The van der Waals surface area contributed by atoms with Gasteiger partial charge < -0.3 is 15.0 Å². The second-order valence-corrected chi connectivity index (χ2v) is 11.3. The molecule has 0 bridgehead atoms. The number of benzene rings is 2. The summed E-state index contributed by atoms with van der Waals surface area (Å²) >= 11 is 3.54. The van der Waals surface area contributed by atoms with Gasteiger partial charge in [0.25, 0.3) is 5.91 Å². The minimum atomic E-state index is -0.688. The topological polar surface area (TPSA) is 58.6 Å². The molecule has 0 spiro atoms. The number of carbonyl (C=O) groups is 2. The number of carbonyl (C=O) groups excluding carboxylic acids is 2. The fraction of sp³-hybridized carbons (Fsp3) is 0.481. The normalized spacial score (nSPS) is 12.7. The van der Waals surface area contributed by atoms with E-state index in [1.54, 1.807) is 12.1 Å². The van der Waals surface area contributed by atoms with Gasteiger partial charge >= 0.3 is 0 Å². The van der Waals surface area contributed by atoms with E-state index in [0.717, 1.165) is 15.6 Å². The molecule has 0 aromatic heterocycles. The lowest BCUT2D eigenvalue weighted by Crippen LogP contribution is -2.54. The Morgan fingerprint density at radius 2 is 1.68 bits per heavy atom. The third kappa shape index (κ3) is 8.12. The highest BCUT2D eigenvalue weighted by molar-refractivity contribution is 9.10. The lowest BCUT2D eigenvalue weighted by atomic mass is 9.87. The van der Waals surface area contributed by atoms with E-state index in [1.807, 2.05) is 45.9 Å². The van der Waals surface area contributed by atoms with Gasteiger partial charge in [0.1, 0.15) is 17.6 Å². The molecule has 2 amide bonds. The Bertz CT molecular complexity index is 994. The Kier molecular flexibility index (Phi) is 9.29. The van der Waals surface area contributed by atoms with Gasteiger partial charge in [0.05, 0.1) is 4.47 Å². The van der Waals surface area contributed by atoms with Crippen LogP contribution in [0.3, 0.4) is 0 Å². The molecule has 2 rings (SSSR count). The number of ether oxygens (including phenoxy) is 1. The zero-order valence-corrected chi connectivity index (χ0v) is 22.8. The van der Waals surface area contributed by atoms with Crippen LogP contribution in [-0.2, 0) is 21.5 Å². The second kappa shape index (κ2) is 11.3. The third-order valence-corrected chi connectivity index (χ3v) is 5.92. The Morgan fingerprint density at radius 1 is 1.06 bits per heavy atom. The maximum atomic E-state index is 13.4. The molecule has 0 saturated heterocycles. The molecule has 2 aromatic carbocycles. The van der Waals surface area contributed by atoms with Crippen molar-refractivity contribution >= 4 is 27.7 Å². The Hall–Kier alpha value is -2.41. The highest BCUT2D eigenvalue weighted by Crippen LogP contribution is 2.31. The summed E-state index contributed by atoms with van der Waals surface area (Å²) in [6.07, 6.45) is 0.429. The van der Waals surface area contributed by atoms with Crippen molar-refractivity contribution < 1.29 is 18.7 Å². The first-order valence-corrected chi connectivity index (χ1v) is 12.3. The first-order chi connectivity index (χ1) is 15.7. The van der Waals surface area contributed by atoms with Crippen LogP contribution in [0.1, 0.15) is 66.0 Å². The molecule has 5 nitrogen and oxygen atoms in total. The fourth-order valence-electron chi connectivity index (χ4n) is 3.47. The molecule has 0 saturated carbocycles. The average molecular weight is 535 g/mol. The van der Waals surface area contributed by atoms with Crippen molar-refractivity contribution in [3.63, 3.8) is 0 Å². The van der Waals surface area contributed by atoms with E-state index < -0.39 is 11.6 Å². The summed E-state index contributed by atoms with van der Waals surface area (Å²) in [5.74, 6) is -0.366. The summed E-state index contributed by atoms with van der Waals surface area (Å²) in [6.45, 7) is 13.9. The summed E-state index contributed by atoms with van der Waals surface area (Å²) in [6, 6.07) is 11.0. The standard InChI is InChI=1S/C27H36BrFN2O3/c1-8-22(25(33)30-27(5,6)7)31(16-18-9-12-20(29)13-10-18)24(32)17-34-23-14-11-19(15-21(23)28)26(2,3)4/h9-15,22H,8,16-17H2,1-7H3,(H,30,33)/t22-/m0/s1. The van der Waals surface area contributed by atoms with E-state index in [2.05, 4.69) is 42.0 Å². The maximum Gasteiger partial charge on any atom is 0.261 e. The molecule has 0 unspecified atom stereocenters. The first-order valence-electron chi connectivity index (χ1n) is 11.5. The molecule has 0 aliphatic carbocycles. The second-order valence-electron chi connectivity index (χ2n) is 10.5. The third-order valence-electron chi connectivity index (χ3n) is 5.30. The monoisotopic (exact) mass is 534 g/mol. The minimum Gasteiger partial charge on any atom is -0.483 e. The molecule has 0 heterocycles. The minimum absolute atomic E-state index is 0.0163. The van der Waals surface area contributed by atoms with Crippen LogP contribution in [0.2, 0.25) is 0 Å². The van der Waals surface area contributed by atoms with Crippen LogP contribution in [0.25, 0.3) is 0 Å². The van der Waals surface area contributed by atoms with E-state index in [4.69, 9.17) is 4.74 Å². The summed E-state index contributed by atoms with van der Waals surface area (Å²) < 4.78 is 20.0. The molecule has 0 fully saturated rings. The van der Waals surface area contributed by atoms with E-state index in [9.17, 15) is 14.0 Å². The number of hydrogen-bond acceptors (Lipinski definition) is 3. The predicted molar refractivity (Wildman–Crippen MR) is 137 cm³/mol. The Morgan fingerprint density at radius 3 is 2.18 bits per heavy atom. The quantitative estimate of drug-likeness (QED) is 0.452. The van der Waals surface area contributed by atoms with Crippen LogP contribution in [-0.4, -0.2) is 34.9 Å². The van der Waals surface area contributed by atoms with Gasteiger partial charge in [-0.15, -0.1) is 0 Å². The zero-order chi connectivity index (χ0) is 25.7. The summed E-state index contributed by atoms with van der Waals surface area (Å²) in [5, 5.41) is 2.96. The van der Waals surface area contributed by atoms with Gasteiger partial charge in [-0.2, -0.15) is 0 Å². The Balaban J connectivity index is 2.25. The van der Waals surface area contributed by atoms with Gasteiger partial charge in [0.15, 0.2) is 6.61 Å². The maximum absolute atomic E-state index is 13.4. The van der Waals surface area contributed by atoms with Crippen LogP contribution in [0.15, 0.2) is 46.9 Å². The molecule has 34 heavy (non-hydrogen) atoms. The van der Waals surface area contributed by atoms with Gasteiger partial charge in [-0.25, -0.2) is 4.39 Å². The van der Waals surface area contributed by atoms with E-state index >= 15 is 0 Å². The van der Waals surface area contributed by atoms with Crippen molar-refractivity contribution in [2.45, 2.75) is 78.4 Å². The number of rotatable bonds is 8. The highest BCUT2D eigenvalue weighted by Gasteiger charge is 2.31. The van der Waals surface area contributed by atoms with Crippen molar-refractivity contribution in [3.8, 4) is 5.75 Å². The molecule has 1 N–H and O–H groups in total. The van der Waals surface area contributed by atoms with Crippen molar-refractivity contribution in [2.24, 2.45) is 0 Å². The average Bonchev–Trinajstić information content (AvgIpc) is 2.72. The number of hydrogen-bond donors (Lipinski definition) is 1. The first kappa shape index (κ1) is 27.8. The molecule has 0 radical (unpaired) electrons. The van der Waals surface area contributed by atoms with Crippen molar-refractivity contribution in [1.82, 2.24) is 10.2 Å². The van der Waals surface area contributed by atoms with Crippen LogP contribution < -0.4 is 10.1 Å². The SMILES string of the molecule is CC[C@@H](C(=O)NC(C)(C)C)N(Cc1ccc(F)cc1)C(=O)COc1ccc(C(C)(C)C)cc1Br. The fourth-order valence-corrected chi connectivity index (χ4v) is 3.96. The van der Waals surface area contributed by atoms with E-state index in [1.165, 1.54) is 17.0 Å². The van der Waals surface area contributed by atoms with E-state index in [-0.39, 0.29) is 36.2 Å². The largest absolute Gasteiger partial charge is 0.483 e. The smallest absolute Gasteiger partial charge is 0.261 e. The summed E-state index contributed by atoms with van der Waals surface area (Å²) in [4.78, 5) is 27.9. The molecule has 0 aliphatic heterocycles. The number of halogens is 2. The van der Waals surface area contributed by atoms with Crippen molar-refractivity contribution in [2.75, 3.05) is 6.61 Å². The summed E-state index contributed by atoms with van der Waals surface area (Å²) in [5.41, 5.74) is 1.41. The van der Waals surface area contributed by atoms with Crippen LogP contribution in [0.5, 0.6) is 5.75 Å². The van der Waals surface area contributed by atoms with Gasteiger partial charge in [-0.3, -0.25) is 9.59 Å². The van der Waals surface area contributed by atoms with Crippen molar-refractivity contribution in [3.05, 3.63) is 63.9 Å². The molecule has 186 valence electrons. The molecule has 0 aliphatic rings. The highest BCUT2D eigenvalue weighted by atomic mass is 79.9. The summed E-state index contributed by atoms with van der Waals surface area (Å²) in [7, 11) is 0. The lowest BCUT2D eigenvalue weighted by Gasteiger charge is -2.33. The van der Waals surface area contributed by atoms with Crippen LogP contribution >= 0.6 is 15.9 Å². The van der Waals surface area contributed by atoms with E-state index in [0.29, 0.717) is 12.2 Å². The molecule has 2 aromatic rings. The van der Waals surface area contributed by atoms with Crippen LogP contribution in [0.4, 0.5) is 4.39 Å². The zero-order valence-electron chi connectivity index (χ0n) is 21.2. The lowest BCUT2D eigenvalue weighted by molar-refractivity contribution is -0.143. The van der Waals surface area contributed by atoms with Gasteiger partial charge in [-0.05, 0) is 83.9 Å². The van der Waals surface area contributed by atoms with Crippen LogP contribution in [0, 0.1) is 5.82 Å². The Labute approximate surface area is 211 Å². The predicted octanol–water partition coefficient (Wildman–Crippen LogP) is 5.99. The van der Waals surface area contributed by atoms with Crippen molar-refractivity contribution in [1.29, 1.82) is 0 Å². The molecular weight excluding hydrogens is 499 g/mol. The number of nitrogens with one attached hydrogen (secondary N) is 1. The molecular formula is C27H36BrFN2O3. The number of nitrogens with zero attached hydrogens (tertiary/aromatic N) is 1. The van der Waals surface area contributed by atoms with Gasteiger partial charge in [0, 0.05) is 12.1 Å². The number of amides is 2. The molecule has 1 atom stereocenters.